The van der Waals surface area contributed by atoms with Crippen molar-refractivity contribution in [3.05, 3.63) is 35.1 Å². The molecular formula is C14H14FNO. The fourth-order valence-corrected chi connectivity index (χ4v) is 2.45. The Labute approximate surface area is 100 Å². The molecule has 0 heterocycles. The van der Waals surface area contributed by atoms with Crippen LogP contribution in [0.1, 0.15) is 43.7 Å². The van der Waals surface area contributed by atoms with E-state index in [1.807, 2.05) is 19.9 Å². The van der Waals surface area contributed by atoms with Crippen LogP contribution >= 0.6 is 0 Å². The minimum Gasteiger partial charge on any atom is -0.299 e. The summed E-state index contributed by atoms with van der Waals surface area (Å²) in [5, 5.41) is 8.67. The Bertz CT molecular complexity index is 513. The van der Waals surface area contributed by atoms with Crippen LogP contribution in [-0.4, -0.2) is 5.78 Å². The topological polar surface area (TPSA) is 40.9 Å². The maximum atomic E-state index is 13.8. The quantitative estimate of drug-likeness (QED) is 0.744. The zero-order valence-electron chi connectivity index (χ0n) is 9.96. The maximum Gasteiger partial charge on any atom is 0.139 e. The predicted octanol–water partition coefficient (Wildman–Crippen LogP) is 3.17. The van der Waals surface area contributed by atoms with E-state index in [4.69, 9.17) is 5.26 Å². The Morgan fingerprint density at radius 1 is 1.47 bits per heavy atom. The number of halogens is 1. The third kappa shape index (κ3) is 2.08. The summed E-state index contributed by atoms with van der Waals surface area (Å²) in [5.74, 6) is -0.240. The fraction of sp³-hybridized carbons (Fsp3) is 0.429. The Hall–Kier alpha value is -1.69. The van der Waals surface area contributed by atoms with E-state index >= 15 is 0 Å². The van der Waals surface area contributed by atoms with Crippen molar-refractivity contribution in [1.82, 2.24) is 0 Å². The second-order valence-electron chi connectivity index (χ2n) is 5.26. The van der Waals surface area contributed by atoms with Crippen LogP contribution in [0, 0.1) is 22.6 Å². The minimum atomic E-state index is -0.375. The first-order chi connectivity index (χ1) is 7.94. The van der Waals surface area contributed by atoms with Crippen molar-refractivity contribution in [2.75, 3.05) is 0 Å². The van der Waals surface area contributed by atoms with Crippen LogP contribution in [0.15, 0.2) is 18.2 Å². The van der Waals surface area contributed by atoms with Gasteiger partial charge in [-0.3, -0.25) is 4.79 Å². The monoisotopic (exact) mass is 231 g/mol. The minimum absolute atomic E-state index is 0.0507. The highest BCUT2D eigenvalue weighted by molar-refractivity contribution is 5.87. The first-order valence-corrected chi connectivity index (χ1v) is 5.67. The van der Waals surface area contributed by atoms with Gasteiger partial charge in [-0.25, -0.2) is 4.39 Å². The van der Waals surface area contributed by atoms with Crippen molar-refractivity contribution in [3.63, 3.8) is 0 Å². The van der Waals surface area contributed by atoms with Gasteiger partial charge in [0, 0.05) is 11.8 Å². The van der Waals surface area contributed by atoms with E-state index in [0.29, 0.717) is 24.0 Å². The molecule has 1 unspecified atom stereocenters. The zero-order chi connectivity index (χ0) is 12.6. The lowest BCUT2D eigenvalue weighted by Crippen LogP contribution is -2.15. The molecule has 1 saturated carbocycles. The van der Waals surface area contributed by atoms with Crippen LogP contribution in [0.5, 0.6) is 0 Å². The number of rotatable bonds is 1. The lowest BCUT2D eigenvalue weighted by atomic mass is 9.88. The third-order valence-corrected chi connectivity index (χ3v) is 3.51. The molecule has 1 fully saturated rings. The van der Waals surface area contributed by atoms with E-state index < -0.39 is 0 Å². The number of Topliss-reactive ketones (excluding diaryl/α,β-unsaturated/α-hetero) is 1. The number of benzene rings is 1. The van der Waals surface area contributed by atoms with Gasteiger partial charge < -0.3 is 0 Å². The summed E-state index contributed by atoms with van der Waals surface area (Å²) in [4.78, 5) is 11.7. The smallest absolute Gasteiger partial charge is 0.139 e. The van der Waals surface area contributed by atoms with Gasteiger partial charge in [-0.15, -0.1) is 0 Å². The molecule has 17 heavy (non-hydrogen) atoms. The van der Waals surface area contributed by atoms with E-state index in [1.165, 1.54) is 6.07 Å². The summed E-state index contributed by atoms with van der Waals surface area (Å²) in [7, 11) is 0. The number of hydrogen-bond donors (Lipinski definition) is 0. The number of carbonyl (C=O) groups is 1. The van der Waals surface area contributed by atoms with Crippen LogP contribution in [0.4, 0.5) is 4.39 Å². The molecule has 2 nitrogen and oxygen atoms in total. The molecule has 1 aromatic carbocycles. The molecule has 1 aromatic rings. The molecule has 1 atom stereocenters. The molecular weight excluding hydrogens is 217 g/mol. The molecule has 0 saturated heterocycles. The molecule has 3 heteroatoms. The van der Waals surface area contributed by atoms with Crippen LogP contribution in [0.3, 0.4) is 0 Å². The van der Waals surface area contributed by atoms with Gasteiger partial charge in [0.05, 0.1) is 11.6 Å². The summed E-state index contributed by atoms with van der Waals surface area (Å²) >= 11 is 0. The van der Waals surface area contributed by atoms with E-state index in [0.717, 1.165) is 0 Å². The van der Waals surface area contributed by atoms with Crippen LogP contribution in [0.2, 0.25) is 0 Å². The Balaban J connectivity index is 2.32. The molecule has 0 radical (unpaired) electrons. The third-order valence-electron chi connectivity index (χ3n) is 3.51. The van der Waals surface area contributed by atoms with Crippen molar-refractivity contribution in [3.8, 4) is 6.07 Å². The first-order valence-electron chi connectivity index (χ1n) is 5.67. The molecule has 1 aliphatic rings. The van der Waals surface area contributed by atoms with Gasteiger partial charge in [-0.2, -0.15) is 5.26 Å². The van der Waals surface area contributed by atoms with Gasteiger partial charge in [0.15, 0.2) is 0 Å². The van der Waals surface area contributed by atoms with Gasteiger partial charge in [0.1, 0.15) is 11.6 Å². The van der Waals surface area contributed by atoms with Crippen molar-refractivity contribution in [1.29, 1.82) is 5.26 Å². The van der Waals surface area contributed by atoms with E-state index in [2.05, 4.69) is 0 Å². The highest BCUT2D eigenvalue weighted by Gasteiger charge is 2.40. The largest absolute Gasteiger partial charge is 0.299 e. The standard InChI is InChI=1S/C14H14FNO/c1-14(2)7-10(6-13(14)17)11-4-3-9(8-16)5-12(11)15/h3-5,10H,6-7H2,1-2H3. The number of hydrogen-bond acceptors (Lipinski definition) is 2. The molecule has 0 bridgehead atoms. The number of nitriles is 1. The van der Waals surface area contributed by atoms with Gasteiger partial charge in [0.25, 0.3) is 0 Å². The fourth-order valence-electron chi connectivity index (χ4n) is 2.45. The van der Waals surface area contributed by atoms with E-state index in [1.54, 1.807) is 12.1 Å². The number of carbonyl (C=O) groups excluding carboxylic acids is 1. The summed E-state index contributed by atoms with van der Waals surface area (Å²) < 4.78 is 13.8. The number of ketones is 1. The predicted molar refractivity (Wildman–Crippen MR) is 61.9 cm³/mol. The van der Waals surface area contributed by atoms with Gasteiger partial charge in [-0.05, 0) is 30.0 Å². The first kappa shape index (κ1) is 11.8. The SMILES string of the molecule is CC1(C)CC(c2ccc(C#N)cc2F)CC1=O. The lowest BCUT2D eigenvalue weighted by Gasteiger charge is -2.16. The Morgan fingerprint density at radius 2 is 2.18 bits per heavy atom. The van der Waals surface area contributed by atoms with Crippen molar-refractivity contribution in [2.24, 2.45) is 5.41 Å². The highest BCUT2D eigenvalue weighted by Crippen LogP contribution is 2.44. The van der Waals surface area contributed by atoms with Crippen molar-refractivity contribution >= 4 is 5.78 Å². The molecule has 0 aromatic heterocycles. The molecule has 0 amide bonds. The van der Waals surface area contributed by atoms with Crippen molar-refractivity contribution in [2.45, 2.75) is 32.6 Å². The second-order valence-corrected chi connectivity index (χ2v) is 5.26. The summed E-state index contributed by atoms with van der Waals surface area (Å²) in [5.41, 5.74) is 0.517. The average Bonchev–Trinajstić information content (AvgIpc) is 2.53. The summed E-state index contributed by atoms with van der Waals surface area (Å²) in [6.45, 7) is 3.80. The van der Waals surface area contributed by atoms with Gasteiger partial charge >= 0.3 is 0 Å². The van der Waals surface area contributed by atoms with Crippen LogP contribution in [0.25, 0.3) is 0 Å². The molecule has 0 N–H and O–H groups in total. The molecule has 0 aliphatic heterocycles. The normalized spacial score (nSPS) is 22.5. The van der Waals surface area contributed by atoms with Gasteiger partial charge in [0.2, 0.25) is 0 Å². The lowest BCUT2D eigenvalue weighted by molar-refractivity contribution is -0.124. The van der Waals surface area contributed by atoms with Crippen LogP contribution in [-0.2, 0) is 4.79 Å². The van der Waals surface area contributed by atoms with Crippen LogP contribution < -0.4 is 0 Å². The maximum absolute atomic E-state index is 13.8. The Kier molecular flexibility index (Phi) is 2.74. The zero-order valence-corrected chi connectivity index (χ0v) is 9.96. The van der Waals surface area contributed by atoms with E-state index in [-0.39, 0.29) is 22.9 Å². The summed E-state index contributed by atoms with van der Waals surface area (Å²) in [6.07, 6.45) is 1.07. The molecule has 1 aliphatic carbocycles. The highest BCUT2D eigenvalue weighted by atomic mass is 19.1. The van der Waals surface area contributed by atoms with E-state index in [9.17, 15) is 9.18 Å². The van der Waals surface area contributed by atoms with Gasteiger partial charge in [-0.1, -0.05) is 19.9 Å². The Morgan fingerprint density at radius 3 is 2.65 bits per heavy atom. The molecule has 2 rings (SSSR count). The molecule has 88 valence electrons. The van der Waals surface area contributed by atoms with Crippen molar-refractivity contribution < 1.29 is 9.18 Å². The average molecular weight is 231 g/mol. The summed E-state index contributed by atoms with van der Waals surface area (Å²) in [6, 6.07) is 6.38. The second kappa shape index (κ2) is 3.96. The number of nitrogens with zero attached hydrogens (tertiary/aromatic N) is 1. The molecule has 0 spiro atoms.